The predicted octanol–water partition coefficient (Wildman–Crippen LogP) is 4.58. The van der Waals surface area contributed by atoms with E-state index in [1.54, 1.807) is 18.6 Å². The number of amides is 1. The van der Waals surface area contributed by atoms with Gasteiger partial charge in [-0.1, -0.05) is 39.8 Å². The van der Waals surface area contributed by atoms with E-state index in [-0.39, 0.29) is 29.1 Å². The second-order valence-electron chi connectivity index (χ2n) is 10.7. The van der Waals surface area contributed by atoms with Gasteiger partial charge in [-0.15, -0.1) is 0 Å². The lowest BCUT2D eigenvalue weighted by molar-refractivity contribution is 0.0886. The van der Waals surface area contributed by atoms with Crippen LogP contribution in [0.3, 0.4) is 0 Å². The van der Waals surface area contributed by atoms with Gasteiger partial charge in [-0.2, -0.15) is 0 Å². The van der Waals surface area contributed by atoms with Gasteiger partial charge in [0.2, 0.25) is 0 Å². The van der Waals surface area contributed by atoms with Gasteiger partial charge < -0.3 is 19.8 Å². The molecule has 0 fully saturated rings. The maximum absolute atomic E-state index is 12.7. The first-order valence-electron chi connectivity index (χ1n) is 11.7. The van der Waals surface area contributed by atoms with Gasteiger partial charge in [0, 0.05) is 24.7 Å². The number of carbonyl (C=O) groups is 1. The van der Waals surface area contributed by atoms with Crippen molar-refractivity contribution < 1.29 is 14.3 Å². The molecule has 1 aromatic carbocycles. The summed E-state index contributed by atoms with van der Waals surface area (Å²) in [4.78, 5) is 19.6. The number of aliphatic hydroxyl groups excluding tert-OH is 1. The van der Waals surface area contributed by atoms with Crippen LogP contribution in [0.15, 0.2) is 41.2 Å². The van der Waals surface area contributed by atoms with Gasteiger partial charge >= 0.3 is 0 Å². The molecule has 176 valence electrons. The minimum atomic E-state index is -0.417. The SMILES string of the molecule is Cc1cc2c(cc1Cc1ccc(C(=O)NC(CO)Cc3cnc[nH]3)o1)C(C)(C)CCC2(C)C. The zero-order chi connectivity index (χ0) is 23.8. The van der Waals surface area contributed by atoms with Crippen LogP contribution in [0.2, 0.25) is 0 Å². The molecule has 0 bridgehead atoms. The summed E-state index contributed by atoms with van der Waals surface area (Å²) in [6.07, 6.45) is 6.73. The van der Waals surface area contributed by atoms with E-state index in [2.05, 4.69) is 62.0 Å². The van der Waals surface area contributed by atoms with Crippen molar-refractivity contribution in [2.45, 2.75) is 77.2 Å². The highest BCUT2D eigenvalue weighted by Crippen LogP contribution is 2.46. The Kier molecular flexibility index (Phi) is 6.23. The molecule has 1 aliphatic carbocycles. The van der Waals surface area contributed by atoms with Gasteiger partial charge in [-0.05, 0) is 65.0 Å². The van der Waals surface area contributed by atoms with Gasteiger partial charge in [-0.25, -0.2) is 4.98 Å². The number of aromatic nitrogens is 2. The molecule has 1 aliphatic rings. The number of H-pyrrole nitrogens is 1. The molecule has 0 aliphatic heterocycles. The van der Waals surface area contributed by atoms with Crippen molar-refractivity contribution in [2.75, 3.05) is 6.61 Å². The number of carbonyl (C=O) groups excluding carboxylic acids is 1. The van der Waals surface area contributed by atoms with Gasteiger partial charge in [0.1, 0.15) is 5.76 Å². The van der Waals surface area contributed by atoms with Crippen molar-refractivity contribution in [1.29, 1.82) is 0 Å². The first-order chi connectivity index (χ1) is 15.6. The average molecular weight is 450 g/mol. The molecule has 33 heavy (non-hydrogen) atoms. The maximum Gasteiger partial charge on any atom is 0.287 e. The fourth-order valence-corrected chi connectivity index (χ4v) is 4.82. The van der Waals surface area contributed by atoms with E-state index in [0.29, 0.717) is 12.8 Å². The average Bonchev–Trinajstić information content (AvgIpc) is 3.44. The zero-order valence-corrected chi connectivity index (χ0v) is 20.3. The molecule has 0 spiro atoms. The summed E-state index contributed by atoms with van der Waals surface area (Å²) in [5, 5.41) is 12.5. The highest BCUT2D eigenvalue weighted by Gasteiger charge is 2.37. The van der Waals surface area contributed by atoms with Crippen LogP contribution >= 0.6 is 0 Å². The first-order valence-corrected chi connectivity index (χ1v) is 11.7. The van der Waals surface area contributed by atoms with Crippen LogP contribution in [-0.4, -0.2) is 33.6 Å². The molecule has 3 N–H and O–H groups in total. The number of aliphatic hydroxyl groups is 1. The Morgan fingerprint density at radius 1 is 1.18 bits per heavy atom. The summed E-state index contributed by atoms with van der Waals surface area (Å²) in [5.74, 6) is 0.681. The minimum absolute atomic E-state index is 0.148. The number of hydrogen-bond donors (Lipinski definition) is 3. The van der Waals surface area contributed by atoms with Crippen LogP contribution in [0, 0.1) is 6.92 Å². The third kappa shape index (κ3) is 4.91. The van der Waals surface area contributed by atoms with Crippen LogP contribution in [0.4, 0.5) is 0 Å². The predicted molar refractivity (Wildman–Crippen MR) is 129 cm³/mol. The molecule has 3 aromatic rings. The lowest BCUT2D eigenvalue weighted by atomic mass is 9.62. The Hall–Kier alpha value is -2.86. The standard InChI is InChI=1S/C27H35N3O3/c1-17-10-22-23(27(4,5)9-8-26(22,2)3)12-18(17)11-21-6-7-24(33-21)25(32)30-20(15-31)13-19-14-28-16-29-19/h6-7,10,12,14,16,20,31H,8-9,11,13,15H2,1-5H3,(H,28,29)(H,30,32). The zero-order valence-electron chi connectivity index (χ0n) is 20.3. The van der Waals surface area contributed by atoms with E-state index in [0.717, 1.165) is 11.5 Å². The summed E-state index contributed by atoms with van der Waals surface area (Å²) in [7, 11) is 0. The van der Waals surface area contributed by atoms with Gasteiger partial charge in [0.05, 0.1) is 19.0 Å². The molecule has 6 nitrogen and oxygen atoms in total. The Labute approximate surface area is 195 Å². The Balaban J connectivity index is 1.50. The Bertz CT molecular complexity index is 1130. The van der Waals surface area contributed by atoms with E-state index in [1.165, 1.54) is 35.1 Å². The first kappa shape index (κ1) is 23.3. The normalized spacial score (nSPS) is 17.4. The van der Waals surface area contributed by atoms with Crippen LogP contribution in [0.1, 0.15) is 84.8 Å². The van der Waals surface area contributed by atoms with E-state index >= 15 is 0 Å². The van der Waals surface area contributed by atoms with Crippen molar-refractivity contribution in [3.63, 3.8) is 0 Å². The maximum atomic E-state index is 12.7. The number of benzene rings is 1. The van der Waals surface area contributed by atoms with E-state index in [9.17, 15) is 9.90 Å². The summed E-state index contributed by atoms with van der Waals surface area (Å²) in [6, 6.07) is 7.85. The van der Waals surface area contributed by atoms with Crippen LogP contribution in [0.25, 0.3) is 0 Å². The highest BCUT2D eigenvalue weighted by molar-refractivity contribution is 5.91. The number of nitrogens with zero attached hydrogens (tertiary/aromatic N) is 1. The van der Waals surface area contributed by atoms with E-state index in [1.807, 2.05) is 6.07 Å². The molecule has 0 saturated carbocycles. The number of furan rings is 1. The molecule has 2 heterocycles. The van der Waals surface area contributed by atoms with Crippen LogP contribution in [0.5, 0.6) is 0 Å². The molecular weight excluding hydrogens is 414 g/mol. The molecule has 1 amide bonds. The van der Waals surface area contributed by atoms with E-state index < -0.39 is 6.04 Å². The third-order valence-corrected chi connectivity index (χ3v) is 7.14. The minimum Gasteiger partial charge on any atom is -0.456 e. The number of nitrogens with one attached hydrogen (secondary N) is 2. The molecule has 2 aromatic heterocycles. The van der Waals surface area contributed by atoms with Gasteiger partial charge in [0.25, 0.3) is 5.91 Å². The summed E-state index contributed by atoms with van der Waals surface area (Å²) in [5.41, 5.74) is 6.54. The lowest BCUT2D eigenvalue weighted by Gasteiger charge is -2.42. The van der Waals surface area contributed by atoms with Crippen molar-refractivity contribution in [3.8, 4) is 0 Å². The fourth-order valence-electron chi connectivity index (χ4n) is 4.82. The Morgan fingerprint density at radius 2 is 1.88 bits per heavy atom. The topological polar surface area (TPSA) is 91.1 Å². The lowest BCUT2D eigenvalue weighted by Crippen LogP contribution is -2.39. The molecule has 1 atom stereocenters. The fraction of sp³-hybridized carbons (Fsp3) is 0.481. The third-order valence-electron chi connectivity index (χ3n) is 7.14. The highest BCUT2D eigenvalue weighted by atomic mass is 16.3. The largest absolute Gasteiger partial charge is 0.456 e. The number of aromatic amines is 1. The molecule has 6 heteroatoms. The van der Waals surface area contributed by atoms with E-state index in [4.69, 9.17) is 4.42 Å². The van der Waals surface area contributed by atoms with Crippen LogP contribution in [-0.2, 0) is 23.7 Å². The second-order valence-corrected chi connectivity index (χ2v) is 10.7. The molecule has 0 saturated heterocycles. The van der Waals surface area contributed by atoms with Crippen molar-refractivity contribution in [1.82, 2.24) is 15.3 Å². The Morgan fingerprint density at radius 3 is 2.52 bits per heavy atom. The van der Waals surface area contributed by atoms with Crippen molar-refractivity contribution in [3.05, 3.63) is 76.3 Å². The number of rotatable bonds is 7. The van der Waals surface area contributed by atoms with Crippen molar-refractivity contribution >= 4 is 5.91 Å². The number of hydrogen-bond acceptors (Lipinski definition) is 4. The molecular formula is C27H35N3O3. The molecule has 0 radical (unpaired) electrons. The number of imidazole rings is 1. The monoisotopic (exact) mass is 449 g/mol. The number of aryl methyl sites for hydroxylation is 1. The smallest absolute Gasteiger partial charge is 0.287 e. The van der Waals surface area contributed by atoms with Crippen LogP contribution < -0.4 is 5.32 Å². The summed E-state index contributed by atoms with van der Waals surface area (Å²) < 4.78 is 5.91. The van der Waals surface area contributed by atoms with Gasteiger partial charge in [-0.3, -0.25) is 4.79 Å². The molecule has 4 rings (SSSR count). The van der Waals surface area contributed by atoms with Crippen molar-refractivity contribution in [2.24, 2.45) is 0 Å². The molecule has 1 unspecified atom stereocenters. The summed E-state index contributed by atoms with van der Waals surface area (Å²) in [6.45, 7) is 11.3. The number of fused-ring (bicyclic) bond motifs is 1. The van der Waals surface area contributed by atoms with Gasteiger partial charge in [0.15, 0.2) is 5.76 Å². The quantitative estimate of drug-likeness (QED) is 0.492. The second kappa shape index (κ2) is 8.82. The summed E-state index contributed by atoms with van der Waals surface area (Å²) >= 11 is 0.